The van der Waals surface area contributed by atoms with Crippen LogP contribution < -0.4 is 10.1 Å². The molecule has 7 nitrogen and oxygen atoms in total. The summed E-state index contributed by atoms with van der Waals surface area (Å²) < 4.78 is 27.9. The quantitative estimate of drug-likeness (QED) is 0.838. The number of aromatic hydroxyl groups is 1. The number of esters is 1. The number of nitrogens with one attached hydrogen (secondary N) is 1. The molecule has 23 heavy (non-hydrogen) atoms. The van der Waals surface area contributed by atoms with E-state index >= 15 is 0 Å². The maximum atomic E-state index is 13.0. The molecule has 0 aliphatic heterocycles. The number of furan rings is 1. The molecule has 1 amide bonds. The number of hydrogen-bond acceptors (Lipinski definition) is 6. The minimum absolute atomic E-state index is 0.0898. The largest absolute Gasteiger partial charge is 0.502 e. The highest BCUT2D eigenvalue weighted by atomic mass is 19.1. The fourth-order valence-electron chi connectivity index (χ4n) is 1.78. The molecule has 2 aromatic rings. The molecule has 2 rings (SSSR count). The van der Waals surface area contributed by atoms with Crippen molar-refractivity contribution in [1.29, 1.82) is 0 Å². The van der Waals surface area contributed by atoms with E-state index in [1.807, 2.05) is 0 Å². The Balaban J connectivity index is 2.44. The predicted molar refractivity (Wildman–Crippen MR) is 77.7 cm³/mol. The van der Waals surface area contributed by atoms with Crippen LogP contribution in [0.25, 0.3) is 11.3 Å². The van der Waals surface area contributed by atoms with Crippen LogP contribution in [0.2, 0.25) is 0 Å². The zero-order valence-electron chi connectivity index (χ0n) is 12.4. The number of halogens is 1. The van der Waals surface area contributed by atoms with Crippen molar-refractivity contribution < 1.29 is 33.0 Å². The smallest absolute Gasteiger partial charge is 0.414 e. The van der Waals surface area contributed by atoms with Crippen LogP contribution >= 0.6 is 0 Å². The third kappa shape index (κ3) is 3.79. The number of anilines is 1. The zero-order chi connectivity index (χ0) is 17.0. The lowest BCUT2D eigenvalue weighted by Gasteiger charge is -2.04. The second kappa shape index (κ2) is 6.82. The van der Waals surface area contributed by atoms with Gasteiger partial charge in [-0.3, -0.25) is 10.1 Å². The van der Waals surface area contributed by atoms with Crippen LogP contribution in [0.4, 0.5) is 15.1 Å². The van der Waals surface area contributed by atoms with Crippen LogP contribution in [0.5, 0.6) is 11.5 Å². The summed E-state index contributed by atoms with van der Waals surface area (Å²) in [6.45, 7) is 2.85. The Bertz CT molecular complexity index is 722. The summed E-state index contributed by atoms with van der Waals surface area (Å²) in [4.78, 5) is 22.6. The van der Waals surface area contributed by atoms with Gasteiger partial charge >= 0.3 is 12.1 Å². The molecule has 0 aliphatic carbocycles. The summed E-state index contributed by atoms with van der Waals surface area (Å²) in [7, 11) is 0. The first-order chi connectivity index (χ1) is 10.9. The fourth-order valence-corrected chi connectivity index (χ4v) is 1.78. The molecular formula is C15H14FNO6. The van der Waals surface area contributed by atoms with Gasteiger partial charge in [0.1, 0.15) is 5.82 Å². The highest BCUT2D eigenvalue weighted by molar-refractivity contribution is 5.89. The van der Waals surface area contributed by atoms with Crippen LogP contribution in [0.15, 0.2) is 28.7 Å². The van der Waals surface area contributed by atoms with E-state index in [0.717, 1.165) is 6.92 Å². The second-order valence-corrected chi connectivity index (χ2v) is 4.38. The maximum absolute atomic E-state index is 13.0. The SMILES string of the molecule is CCOC(=O)Nc1oc(-c2ccc(F)cc2)c(O)c1OC(C)=O. The van der Waals surface area contributed by atoms with E-state index in [1.54, 1.807) is 6.92 Å². The van der Waals surface area contributed by atoms with Gasteiger partial charge in [0.05, 0.1) is 6.61 Å². The van der Waals surface area contributed by atoms with Crippen molar-refractivity contribution in [2.24, 2.45) is 0 Å². The van der Waals surface area contributed by atoms with E-state index < -0.39 is 23.6 Å². The van der Waals surface area contributed by atoms with E-state index in [1.165, 1.54) is 24.3 Å². The first kappa shape index (κ1) is 16.3. The van der Waals surface area contributed by atoms with Gasteiger partial charge in [-0.1, -0.05) is 0 Å². The zero-order valence-corrected chi connectivity index (χ0v) is 12.4. The molecule has 0 saturated heterocycles. The van der Waals surface area contributed by atoms with Crippen LogP contribution in [0.1, 0.15) is 13.8 Å². The lowest BCUT2D eigenvalue weighted by Crippen LogP contribution is -2.14. The van der Waals surface area contributed by atoms with Gasteiger partial charge in [-0.05, 0) is 31.2 Å². The van der Waals surface area contributed by atoms with Crippen LogP contribution in [-0.4, -0.2) is 23.8 Å². The van der Waals surface area contributed by atoms with Crippen molar-refractivity contribution in [3.63, 3.8) is 0 Å². The van der Waals surface area contributed by atoms with Crippen molar-refractivity contribution >= 4 is 17.9 Å². The number of benzene rings is 1. The standard InChI is InChI=1S/C15H14FNO6/c1-3-21-15(20)17-14-13(22-8(2)18)11(19)12(23-14)9-4-6-10(16)7-5-9/h4-7,19H,3H2,1-2H3,(H,17,20). The molecule has 122 valence electrons. The minimum atomic E-state index is -0.847. The van der Waals surface area contributed by atoms with Crippen molar-refractivity contribution in [2.75, 3.05) is 11.9 Å². The van der Waals surface area contributed by atoms with E-state index in [2.05, 4.69) is 5.32 Å². The van der Waals surface area contributed by atoms with Gasteiger partial charge in [-0.2, -0.15) is 0 Å². The number of amides is 1. The van der Waals surface area contributed by atoms with Crippen molar-refractivity contribution in [3.05, 3.63) is 30.1 Å². The average Bonchev–Trinajstić information content (AvgIpc) is 2.77. The third-order valence-electron chi connectivity index (χ3n) is 2.68. The van der Waals surface area contributed by atoms with E-state index in [0.29, 0.717) is 5.56 Å². The molecule has 0 bridgehead atoms. The number of carbonyl (C=O) groups is 2. The van der Waals surface area contributed by atoms with Crippen LogP contribution in [0, 0.1) is 5.82 Å². The Morgan fingerprint density at radius 1 is 1.30 bits per heavy atom. The topological polar surface area (TPSA) is 98.0 Å². The highest BCUT2D eigenvalue weighted by Gasteiger charge is 2.25. The van der Waals surface area contributed by atoms with Crippen molar-refractivity contribution in [2.45, 2.75) is 13.8 Å². The molecule has 1 heterocycles. The summed E-state index contributed by atoms with van der Waals surface area (Å²) in [6.07, 6.45) is -0.847. The molecule has 2 N–H and O–H groups in total. The molecule has 0 radical (unpaired) electrons. The Labute approximate surface area is 130 Å². The molecule has 8 heteroatoms. The average molecular weight is 323 g/mol. The number of ether oxygens (including phenoxy) is 2. The molecule has 1 aromatic heterocycles. The summed E-state index contributed by atoms with van der Waals surface area (Å²) in [5.41, 5.74) is 0.328. The number of carbonyl (C=O) groups excluding carboxylic acids is 2. The van der Waals surface area contributed by atoms with Gasteiger partial charge in [0.15, 0.2) is 5.76 Å². The fraction of sp³-hybridized carbons (Fsp3) is 0.200. The lowest BCUT2D eigenvalue weighted by atomic mass is 10.1. The summed E-state index contributed by atoms with van der Waals surface area (Å²) in [6, 6.07) is 5.06. The molecule has 1 aromatic carbocycles. The summed E-state index contributed by atoms with van der Waals surface area (Å²) >= 11 is 0. The first-order valence-corrected chi connectivity index (χ1v) is 6.66. The molecule has 0 aliphatic rings. The van der Waals surface area contributed by atoms with Gasteiger partial charge in [0, 0.05) is 12.5 Å². The van der Waals surface area contributed by atoms with Gasteiger partial charge in [-0.15, -0.1) is 0 Å². The predicted octanol–water partition coefficient (Wildman–Crippen LogP) is 3.29. The summed E-state index contributed by atoms with van der Waals surface area (Å²) in [5.74, 6) is -2.43. The van der Waals surface area contributed by atoms with Gasteiger partial charge in [-0.25, -0.2) is 9.18 Å². The Morgan fingerprint density at radius 2 is 1.96 bits per heavy atom. The minimum Gasteiger partial charge on any atom is -0.502 e. The molecular weight excluding hydrogens is 309 g/mol. The second-order valence-electron chi connectivity index (χ2n) is 4.38. The number of rotatable bonds is 4. The normalized spacial score (nSPS) is 10.2. The molecule has 0 unspecified atom stereocenters. The first-order valence-electron chi connectivity index (χ1n) is 6.66. The van der Waals surface area contributed by atoms with Crippen LogP contribution in [-0.2, 0) is 9.53 Å². The van der Waals surface area contributed by atoms with Gasteiger partial charge < -0.3 is 19.0 Å². The van der Waals surface area contributed by atoms with Crippen molar-refractivity contribution in [3.8, 4) is 22.8 Å². The molecule has 0 spiro atoms. The highest BCUT2D eigenvalue weighted by Crippen LogP contribution is 2.46. The molecule has 0 saturated carbocycles. The maximum Gasteiger partial charge on any atom is 0.414 e. The Kier molecular flexibility index (Phi) is 4.85. The lowest BCUT2D eigenvalue weighted by molar-refractivity contribution is -0.132. The van der Waals surface area contributed by atoms with E-state index in [4.69, 9.17) is 13.9 Å². The molecule has 0 atom stereocenters. The molecule has 0 fully saturated rings. The van der Waals surface area contributed by atoms with Gasteiger partial charge in [0.2, 0.25) is 11.5 Å². The van der Waals surface area contributed by atoms with E-state index in [9.17, 15) is 19.1 Å². The van der Waals surface area contributed by atoms with E-state index in [-0.39, 0.29) is 24.0 Å². The van der Waals surface area contributed by atoms with Crippen molar-refractivity contribution in [1.82, 2.24) is 0 Å². The summed E-state index contributed by atoms with van der Waals surface area (Å²) in [5, 5.41) is 12.4. The Morgan fingerprint density at radius 3 is 2.52 bits per heavy atom. The van der Waals surface area contributed by atoms with Crippen LogP contribution in [0.3, 0.4) is 0 Å². The van der Waals surface area contributed by atoms with Gasteiger partial charge in [0.25, 0.3) is 5.88 Å². The number of hydrogen-bond donors (Lipinski definition) is 2. The monoisotopic (exact) mass is 323 g/mol. The Hall–Kier alpha value is -3.03. The third-order valence-corrected chi connectivity index (χ3v) is 2.68.